The van der Waals surface area contributed by atoms with E-state index in [-0.39, 0.29) is 5.97 Å². The molecule has 0 heterocycles. The largest absolute Gasteiger partial charge is 0.466 e. The van der Waals surface area contributed by atoms with Crippen LogP contribution in [0.25, 0.3) is 0 Å². The van der Waals surface area contributed by atoms with E-state index in [1.165, 1.54) is 13.3 Å². The maximum absolute atomic E-state index is 10.4. The second-order valence-electron chi connectivity index (χ2n) is 3.35. The van der Waals surface area contributed by atoms with E-state index in [0.29, 0.717) is 6.61 Å². The summed E-state index contributed by atoms with van der Waals surface area (Å²) in [6, 6.07) is 0. The predicted octanol–water partition coefficient (Wildman–Crippen LogP) is 1.67. The van der Waals surface area contributed by atoms with E-state index >= 15 is 0 Å². The summed E-state index contributed by atoms with van der Waals surface area (Å²) in [7, 11) is 2.12. The van der Waals surface area contributed by atoms with Crippen LogP contribution in [0.3, 0.4) is 0 Å². The molecule has 0 amide bonds. The number of rotatable bonds is 7. The van der Waals surface area contributed by atoms with Crippen LogP contribution in [-0.2, 0) is 9.53 Å². The second kappa shape index (κ2) is 8.05. The van der Waals surface area contributed by atoms with E-state index in [1.807, 2.05) is 0 Å². The fraction of sp³-hybridized carbons (Fsp3) is 0.900. The van der Waals surface area contributed by atoms with Crippen molar-refractivity contribution >= 4 is 5.97 Å². The molecule has 0 saturated heterocycles. The van der Waals surface area contributed by atoms with Crippen LogP contribution < -0.4 is 0 Å². The lowest BCUT2D eigenvalue weighted by molar-refractivity contribution is -0.141. The van der Waals surface area contributed by atoms with Gasteiger partial charge in [0.15, 0.2) is 0 Å². The molecule has 0 saturated carbocycles. The van der Waals surface area contributed by atoms with Crippen molar-refractivity contribution in [3.05, 3.63) is 0 Å². The van der Waals surface area contributed by atoms with Gasteiger partial charge in [-0.25, -0.2) is 0 Å². The number of unbranched alkanes of at least 4 members (excludes halogenated alkanes) is 1. The standard InChI is InChI=1S/C10H21NO2/c1-4-7-11(3)8-5-6-9-13-10(2)12/h4-9H2,1-3H3. The average Bonchev–Trinajstić information content (AvgIpc) is 2.03. The van der Waals surface area contributed by atoms with Crippen molar-refractivity contribution in [3.63, 3.8) is 0 Å². The zero-order valence-electron chi connectivity index (χ0n) is 9.01. The summed E-state index contributed by atoms with van der Waals surface area (Å²) in [6.07, 6.45) is 3.26. The molecule has 78 valence electrons. The molecule has 0 rings (SSSR count). The third-order valence-corrected chi connectivity index (χ3v) is 1.84. The van der Waals surface area contributed by atoms with Gasteiger partial charge in [0.2, 0.25) is 0 Å². The minimum atomic E-state index is -0.179. The average molecular weight is 187 g/mol. The van der Waals surface area contributed by atoms with Crippen LogP contribution in [-0.4, -0.2) is 37.6 Å². The highest BCUT2D eigenvalue weighted by molar-refractivity contribution is 5.65. The summed E-state index contributed by atoms with van der Waals surface area (Å²) < 4.78 is 4.83. The van der Waals surface area contributed by atoms with Crippen LogP contribution in [0.2, 0.25) is 0 Å². The van der Waals surface area contributed by atoms with Gasteiger partial charge >= 0.3 is 5.97 Å². The van der Waals surface area contributed by atoms with Crippen molar-refractivity contribution in [1.29, 1.82) is 0 Å². The molecular formula is C10H21NO2. The van der Waals surface area contributed by atoms with Gasteiger partial charge in [0.1, 0.15) is 0 Å². The third kappa shape index (κ3) is 9.34. The van der Waals surface area contributed by atoms with Crippen molar-refractivity contribution < 1.29 is 9.53 Å². The Labute approximate surface area is 81.1 Å². The first-order chi connectivity index (χ1) is 6.16. The van der Waals surface area contributed by atoms with Crippen molar-refractivity contribution in [2.45, 2.75) is 33.1 Å². The predicted molar refractivity (Wildman–Crippen MR) is 53.7 cm³/mol. The maximum atomic E-state index is 10.4. The van der Waals surface area contributed by atoms with Gasteiger partial charge in [0.05, 0.1) is 6.61 Å². The minimum Gasteiger partial charge on any atom is -0.466 e. The van der Waals surface area contributed by atoms with E-state index in [2.05, 4.69) is 18.9 Å². The van der Waals surface area contributed by atoms with Crippen LogP contribution in [0, 0.1) is 0 Å². The van der Waals surface area contributed by atoms with Crippen LogP contribution in [0.1, 0.15) is 33.1 Å². The molecule has 0 aromatic heterocycles. The summed E-state index contributed by atoms with van der Waals surface area (Å²) in [5.74, 6) is -0.179. The highest BCUT2D eigenvalue weighted by Gasteiger charge is 1.97. The number of ether oxygens (including phenoxy) is 1. The molecular weight excluding hydrogens is 166 g/mol. The molecule has 3 nitrogen and oxygen atoms in total. The van der Waals surface area contributed by atoms with Crippen LogP contribution in [0.15, 0.2) is 0 Å². The quantitative estimate of drug-likeness (QED) is 0.448. The Balaban J connectivity index is 3.11. The smallest absolute Gasteiger partial charge is 0.302 e. The Morgan fingerprint density at radius 3 is 2.54 bits per heavy atom. The monoisotopic (exact) mass is 187 g/mol. The molecule has 0 aromatic carbocycles. The van der Waals surface area contributed by atoms with Crippen molar-refractivity contribution in [3.8, 4) is 0 Å². The van der Waals surface area contributed by atoms with Gasteiger partial charge in [-0.1, -0.05) is 6.92 Å². The molecule has 0 N–H and O–H groups in total. The Bertz CT molecular complexity index is 137. The van der Waals surface area contributed by atoms with Crippen molar-refractivity contribution in [2.24, 2.45) is 0 Å². The third-order valence-electron chi connectivity index (χ3n) is 1.84. The van der Waals surface area contributed by atoms with Crippen LogP contribution in [0.4, 0.5) is 0 Å². The zero-order chi connectivity index (χ0) is 10.1. The lowest BCUT2D eigenvalue weighted by Crippen LogP contribution is -2.20. The second-order valence-corrected chi connectivity index (χ2v) is 3.35. The van der Waals surface area contributed by atoms with Gasteiger partial charge in [-0.2, -0.15) is 0 Å². The molecule has 0 unspecified atom stereocenters. The van der Waals surface area contributed by atoms with Crippen LogP contribution in [0.5, 0.6) is 0 Å². The summed E-state index contributed by atoms with van der Waals surface area (Å²) in [6.45, 7) is 6.43. The SMILES string of the molecule is CCCN(C)CCCCOC(C)=O. The van der Waals surface area contributed by atoms with Gasteiger partial charge in [-0.15, -0.1) is 0 Å². The van der Waals surface area contributed by atoms with Gasteiger partial charge < -0.3 is 9.64 Å². The molecule has 0 bridgehead atoms. The molecule has 13 heavy (non-hydrogen) atoms. The highest BCUT2D eigenvalue weighted by atomic mass is 16.5. The van der Waals surface area contributed by atoms with Crippen molar-refractivity contribution in [1.82, 2.24) is 4.90 Å². The number of carbonyl (C=O) groups is 1. The van der Waals surface area contributed by atoms with E-state index in [4.69, 9.17) is 4.74 Å². The zero-order valence-corrected chi connectivity index (χ0v) is 9.01. The van der Waals surface area contributed by atoms with E-state index < -0.39 is 0 Å². The van der Waals surface area contributed by atoms with Crippen molar-refractivity contribution in [2.75, 3.05) is 26.7 Å². The first-order valence-corrected chi connectivity index (χ1v) is 4.98. The number of hydrogen-bond donors (Lipinski definition) is 0. The van der Waals surface area contributed by atoms with E-state index in [1.54, 1.807) is 0 Å². The highest BCUT2D eigenvalue weighted by Crippen LogP contribution is 1.94. The van der Waals surface area contributed by atoms with Gasteiger partial charge in [-0.3, -0.25) is 4.79 Å². The molecule has 0 atom stereocenters. The summed E-state index contributed by atoms with van der Waals surface area (Å²) in [5, 5.41) is 0. The fourth-order valence-electron chi connectivity index (χ4n) is 1.19. The molecule has 3 heteroatoms. The Kier molecular flexibility index (Phi) is 7.69. The fourth-order valence-corrected chi connectivity index (χ4v) is 1.19. The minimum absolute atomic E-state index is 0.179. The van der Waals surface area contributed by atoms with Gasteiger partial charge in [0.25, 0.3) is 0 Å². The van der Waals surface area contributed by atoms with E-state index in [0.717, 1.165) is 25.9 Å². The Hall–Kier alpha value is -0.570. The molecule has 0 aliphatic heterocycles. The van der Waals surface area contributed by atoms with E-state index in [9.17, 15) is 4.79 Å². The Morgan fingerprint density at radius 1 is 1.31 bits per heavy atom. The molecule has 0 radical (unpaired) electrons. The lowest BCUT2D eigenvalue weighted by atomic mass is 10.3. The first kappa shape index (κ1) is 12.4. The molecule has 0 spiro atoms. The summed E-state index contributed by atoms with van der Waals surface area (Å²) >= 11 is 0. The first-order valence-electron chi connectivity index (χ1n) is 4.98. The summed E-state index contributed by atoms with van der Waals surface area (Å²) in [5.41, 5.74) is 0. The van der Waals surface area contributed by atoms with Gasteiger partial charge in [0, 0.05) is 6.92 Å². The van der Waals surface area contributed by atoms with Gasteiger partial charge in [-0.05, 0) is 39.4 Å². The number of hydrogen-bond acceptors (Lipinski definition) is 3. The molecule has 0 aliphatic carbocycles. The summed E-state index contributed by atoms with van der Waals surface area (Å²) in [4.78, 5) is 12.7. The maximum Gasteiger partial charge on any atom is 0.302 e. The number of nitrogens with zero attached hydrogens (tertiary/aromatic N) is 1. The normalized spacial score (nSPS) is 10.5. The number of carbonyl (C=O) groups excluding carboxylic acids is 1. The Morgan fingerprint density at radius 2 is 2.00 bits per heavy atom. The van der Waals surface area contributed by atoms with Crippen LogP contribution >= 0.6 is 0 Å². The molecule has 0 aromatic rings. The number of esters is 1. The molecule has 0 aliphatic rings. The lowest BCUT2D eigenvalue weighted by Gasteiger charge is -2.14. The topological polar surface area (TPSA) is 29.5 Å². The molecule has 0 fully saturated rings.